The minimum Gasteiger partial charge on any atom is -0.344 e. The maximum absolute atomic E-state index is 12.5. The molecule has 2 heterocycles. The standard InChI is InChI=1S/C14H18N4O4S/c1-16-7-6-10(13(16)19)15-23(21,22)9-4-5-11-12(8-9)18(3)14(20)17(11)2/h4-5,8,10,15H,6-7H2,1-3H3. The van der Waals surface area contributed by atoms with Gasteiger partial charge in [0.2, 0.25) is 15.9 Å². The highest BCUT2D eigenvalue weighted by Gasteiger charge is 2.33. The molecule has 0 saturated carbocycles. The highest BCUT2D eigenvalue weighted by atomic mass is 32.2. The molecule has 124 valence electrons. The van der Waals surface area contributed by atoms with Crippen molar-refractivity contribution >= 4 is 27.0 Å². The first-order valence-electron chi connectivity index (χ1n) is 7.15. The predicted molar refractivity (Wildman–Crippen MR) is 84.5 cm³/mol. The molecule has 8 nitrogen and oxygen atoms in total. The van der Waals surface area contributed by atoms with Crippen molar-refractivity contribution in [2.75, 3.05) is 13.6 Å². The number of sulfonamides is 1. The van der Waals surface area contributed by atoms with Gasteiger partial charge in [-0.15, -0.1) is 0 Å². The molecule has 1 aliphatic heterocycles. The number of benzene rings is 1. The summed E-state index contributed by atoms with van der Waals surface area (Å²) in [7, 11) is 1.02. The predicted octanol–water partition coefficient (Wildman–Crippen LogP) is -0.614. The van der Waals surface area contributed by atoms with Crippen molar-refractivity contribution in [3.63, 3.8) is 0 Å². The summed E-state index contributed by atoms with van der Waals surface area (Å²) in [6.07, 6.45) is 0.445. The molecule has 1 unspecified atom stereocenters. The van der Waals surface area contributed by atoms with Crippen LogP contribution in [-0.2, 0) is 28.9 Å². The van der Waals surface area contributed by atoms with Gasteiger partial charge in [0.15, 0.2) is 0 Å². The molecule has 0 spiro atoms. The highest BCUT2D eigenvalue weighted by molar-refractivity contribution is 7.89. The molecule has 1 aromatic heterocycles. The molecule has 0 bridgehead atoms. The van der Waals surface area contributed by atoms with Gasteiger partial charge >= 0.3 is 5.69 Å². The third-order valence-electron chi connectivity index (χ3n) is 4.28. The van der Waals surface area contributed by atoms with Crippen LogP contribution in [0.3, 0.4) is 0 Å². The van der Waals surface area contributed by atoms with E-state index in [0.717, 1.165) is 0 Å². The summed E-state index contributed by atoms with van der Waals surface area (Å²) in [4.78, 5) is 25.3. The first-order chi connectivity index (χ1) is 10.7. The Morgan fingerprint density at radius 3 is 2.35 bits per heavy atom. The minimum absolute atomic E-state index is 0.0357. The number of fused-ring (bicyclic) bond motifs is 1. The molecule has 9 heteroatoms. The normalized spacial score (nSPS) is 19.0. The average Bonchev–Trinajstić information content (AvgIpc) is 2.93. The van der Waals surface area contributed by atoms with Crippen LogP contribution in [0, 0.1) is 0 Å². The summed E-state index contributed by atoms with van der Waals surface area (Å²) in [5.74, 6) is -0.234. The molecule has 1 aliphatic rings. The molecule has 0 aliphatic carbocycles. The number of nitrogens with one attached hydrogen (secondary N) is 1. The van der Waals surface area contributed by atoms with Crippen LogP contribution in [0.5, 0.6) is 0 Å². The summed E-state index contributed by atoms with van der Waals surface area (Å²) >= 11 is 0. The second kappa shape index (κ2) is 5.20. The van der Waals surface area contributed by atoms with E-state index in [0.29, 0.717) is 24.0 Å². The average molecular weight is 338 g/mol. The van der Waals surface area contributed by atoms with Crippen molar-refractivity contribution in [2.24, 2.45) is 14.1 Å². The summed E-state index contributed by atoms with van der Waals surface area (Å²) in [5, 5.41) is 0. The Bertz CT molecular complexity index is 957. The number of carbonyl (C=O) groups is 1. The number of imidazole rings is 1. The van der Waals surface area contributed by atoms with E-state index in [2.05, 4.69) is 4.72 Å². The molecule has 1 aromatic carbocycles. The quantitative estimate of drug-likeness (QED) is 0.808. The zero-order valence-corrected chi connectivity index (χ0v) is 13.9. The topological polar surface area (TPSA) is 93.4 Å². The lowest BCUT2D eigenvalue weighted by Gasteiger charge is -2.13. The van der Waals surface area contributed by atoms with E-state index >= 15 is 0 Å². The third-order valence-corrected chi connectivity index (χ3v) is 5.75. The summed E-state index contributed by atoms with van der Waals surface area (Å²) in [6, 6.07) is 3.74. The lowest BCUT2D eigenvalue weighted by Crippen LogP contribution is -2.40. The van der Waals surface area contributed by atoms with Crippen molar-refractivity contribution in [1.82, 2.24) is 18.8 Å². The van der Waals surface area contributed by atoms with Crippen LogP contribution in [0.25, 0.3) is 11.0 Å². The third kappa shape index (κ3) is 2.45. The molecule has 1 atom stereocenters. The number of hydrogen-bond donors (Lipinski definition) is 1. The van der Waals surface area contributed by atoms with Crippen molar-refractivity contribution < 1.29 is 13.2 Å². The summed E-state index contributed by atoms with van der Waals surface area (Å²) in [5.41, 5.74) is 0.943. The van der Waals surface area contributed by atoms with Crippen LogP contribution in [-0.4, -0.2) is 48.0 Å². The van der Waals surface area contributed by atoms with E-state index in [-0.39, 0.29) is 16.5 Å². The van der Waals surface area contributed by atoms with Crippen molar-refractivity contribution in [2.45, 2.75) is 17.4 Å². The first-order valence-corrected chi connectivity index (χ1v) is 8.63. The van der Waals surface area contributed by atoms with Crippen LogP contribution in [0.4, 0.5) is 0 Å². The summed E-state index contributed by atoms with van der Waals surface area (Å²) in [6.45, 7) is 0.526. The molecule has 3 rings (SSSR count). The van der Waals surface area contributed by atoms with Gasteiger partial charge < -0.3 is 4.90 Å². The Morgan fingerprint density at radius 2 is 1.74 bits per heavy atom. The van der Waals surface area contributed by atoms with E-state index < -0.39 is 16.1 Å². The molecule has 1 N–H and O–H groups in total. The number of nitrogens with zero attached hydrogens (tertiary/aromatic N) is 3. The second-order valence-corrected chi connectivity index (χ2v) is 7.49. The lowest BCUT2D eigenvalue weighted by molar-refractivity contribution is -0.127. The van der Waals surface area contributed by atoms with Gasteiger partial charge in [0.05, 0.1) is 15.9 Å². The zero-order valence-electron chi connectivity index (χ0n) is 13.1. The van der Waals surface area contributed by atoms with Crippen LogP contribution < -0.4 is 10.4 Å². The van der Waals surface area contributed by atoms with Crippen LogP contribution >= 0.6 is 0 Å². The number of amides is 1. The Kier molecular flexibility index (Phi) is 3.56. The van der Waals surface area contributed by atoms with Gasteiger partial charge in [-0.1, -0.05) is 0 Å². The molecular weight excluding hydrogens is 320 g/mol. The van der Waals surface area contributed by atoms with Gasteiger partial charge in [-0.2, -0.15) is 4.72 Å². The van der Waals surface area contributed by atoms with Gasteiger partial charge in [0.1, 0.15) is 6.04 Å². The van der Waals surface area contributed by atoms with Gasteiger partial charge in [-0.25, -0.2) is 13.2 Å². The smallest absolute Gasteiger partial charge is 0.328 e. The van der Waals surface area contributed by atoms with E-state index in [1.54, 1.807) is 27.2 Å². The lowest BCUT2D eigenvalue weighted by atomic mass is 10.3. The van der Waals surface area contributed by atoms with Crippen molar-refractivity contribution in [1.29, 1.82) is 0 Å². The van der Waals surface area contributed by atoms with Crippen LogP contribution in [0.15, 0.2) is 27.9 Å². The fourth-order valence-corrected chi connectivity index (χ4v) is 4.08. The van der Waals surface area contributed by atoms with Crippen molar-refractivity contribution in [3.8, 4) is 0 Å². The second-order valence-electron chi connectivity index (χ2n) is 5.77. The van der Waals surface area contributed by atoms with E-state index in [9.17, 15) is 18.0 Å². The van der Waals surface area contributed by atoms with E-state index in [4.69, 9.17) is 0 Å². The molecule has 1 fully saturated rings. The molecule has 2 aromatic rings. The number of carbonyl (C=O) groups excluding carboxylic acids is 1. The largest absolute Gasteiger partial charge is 0.344 e. The summed E-state index contributed by atoms with van der Waals surface area (Å²) < 4.78 is 30.3. The van der Waals surface area contributed by atoms with Gasteiger partial charge in [0.25, 0.3) is 0 Å². The van der Waals surface area contributed by atoms with Gasteiger partial charge in [-0.3, -0.25) is 13.9 Å². The number of likely N-dealkylation sites (N-methyl/N-ethyl adjacent to an activating group) is 1. The Morgan fingerprint density at radius 1 is 1.09 bits per heavy atom. The number of rotatable bonds is 3. The minimum atomic E-state index is -3.83. The zero-order chi connectivity index (χ0) is 16.9. The molecular formula is C14H18N4O4S. The van der Waals surface area contributed by atoms with E-state index in [1.165, 1.54) is 26.2 Å². The van der Waals surface area contributed by atoms with Crippen molar-refractivity contribution in [3.05, 3.63) is 28.7 Å². The highest BCUT2D eigenvalue weighted by Crippen LogP contribution is 2.19. The van der Waals surface area contributed by atoms with Gasteiger partial charge in [0, 0.05) is 27.7 Å². The SMILES string of the molecule is CN1CCC(NS(=O)(=O)c2ccc3c(c2)n(C)c(=O)n3C)C1=O. The molecule has 23 heavy (non-hydrogen) atoms. The van der Waals surface area contributed by atoms with Crippen LogP contribution in [0.1, 0.15) is 6.42 Å². The Balaban J connectivity index is 2.00. The fraction of sp³-hybridized carbons (Fsp3) is 0.429. The maximum atomic E-state index is 12.5. The number of aryl methyl sites for hydroxylation is 2. The molecule has 1 amide bonds. The van der Waals surface area contributed by atoms with E-state index in [1.807, 2.05) is 0 Å². The molecule has 0 radical (unpaired) electrons. The Hall–Kier alpha value is -2.13. The monoisotopic (exact) mass is 338 g/mol. The van der Waals surface area contributed by atoms with Crippen LogP contribution in [0.2, 0.25) is 0 Å². The molecule has 1 saturated heterocycles. The number of likely N-dealkylation sites (tertiary alicyclic amines) is 1. The first kappa shape index (κ1) is 15.8. The number of hydrogen-bond acceptors (Lipinski definition) is 4. The van der Waals surface area contributed by atoms with Gasteiger partial charge in [-0.05, 0) is 24.6 Å². The number of aromatic nitrogens is 2. The Labute approximate surface area is 133 Å². The maximum Gasteiger partial charge on any atom is 0.328 e. The fourth-order valence-electron chi connectivity index (χ4n) is 2.84.